The van der Waals surface area contributed by atoms with Crippen LogP contribution in [0.15, 0.2) is 29.4 Å². The molecule has 1 aliphatic rings. The number of nitrogens with zero attached hydrogens (tertiary/aromatic N) is 2. The Morgan fingerprint density at radius 1 is 1.25 bits per heavy atom. The molecule has 0 aromatic heterocycles. The maximum atomic E-state index is 12.1. The lowest BCUT2D eigenvalue weighted by molar-refractivity contribution is -0.135. The molecule has 0 fully saturated rings. The average molecular weight is 274 g/mol. The zero-order chi connectivity index (χ0) is 15.1. The van der Waals surface area contributed by atoms with Gasteiger partial charge in [0, 0.05) is 7.05 Å². The molecule has 1 amide bonds. The quantitative estimate of drug-likeness (QED) is 0.898. The van der Waals surface area contributed by atoms with E-state index in [9.17, 15) is 9.90 Å². The summed E-state index contributed by atoms with van der Waals surface area (Å²) < 4.78 is 0. The van der Waals surface area contributed by atoms with Crippen molar-refractivity contribution in [2.24, 2.45) is 10.5 Å². The molecule has 0 aliphatic carbocycles. The Balaban J connectivity index is 2.42. The minimum Gasteiger partial charge on any atom is -0.395 e. The third kappa shape index (κ3) is 2.24. The van der Waals surface area contributed by atoms with E-state index < -0.39 is 5.41 Å². The Morgan fingerprint density at radius 3 is 2.25 bits per heavy atom. The first-order chi connectivity index (χ1) is 9.20. The smallest absolute Gasteiger partial charge is 0.256 e. The van der Waals surface area contributed by atoms with Crippen LogP contribution in [0.4, 0.5) is 0 Å². The molecule has 0 saturated carbocycles. The van der Waals surface area contributed by atoms with E-state index in [-0.39, 0.29) is 17.9 Å². The number of benzene rings is 1. The van der Waals surface area contributed by atoms with E-state index in [4.69, 9.17) is 0 Å². The van der Waals surface area contributed by atoms with Crippen molar-refractivity contribution in [1.82, 2.24) is 5.01 Å². The van der Waals surface area contributed by atoms with E-state index in [1.165, 1.54) is 10.6 Å². The number of carbonyl (C=O) groups is 1. The SMILES string of the molecule is CN1N=C(c2ccc(C(C)(C)C)cc2)C(C)(CO)C1=O. The molecule has 1 aliphatic heterocycles. The highest BCUT2D eigenvalue weighted by molar-refractivity contribution is 6.19. The fourth-order valence-corrected chi connectivity index (χ4v) is 2.41. The van der Waals surface area contributed by atoms with Crippen molar-refractivity contribution in [2.45, 2.75) is 33.1 Å². The number of hydrogen-bond donors (Lipinski definition) is 1. The van der Waals surface area contributed by atoms with E-state index in [0.717, 1.165) is 5.56 Å². The van der Waals surface area contributed by atoms with Gasteiger partial charge in [-0.05, 0) is 23.5 Å². The lowest BCUT2D eigenvalue weighted by Crippen LogP contribution is -2.39. The molecule has 1 heterocycles. The standard InChI is InChI=1S/C16H22N2O2/c1-15(2,3)12-8-6-11(7-9-12)13-16(4,10-19)14(20)18(5)17-13/h6-9,19H,10H2,1-5H3. The predicted octanol–water partition coefficient (Wildman–Crippen LogP) is 2.16. The zero-order valence-electron chi connectivity index (χ0n) is 12.8. The van der Waals surface area contributed by atoms with Crippen LogP contribution >= 0.6 is 0 Å². The van der Waals surface area contributed by atoms with E-state index >= 15 is 0 Å². The van der Waals surface area contributed by atoms with Gasteiger partial charge in [0.1, 0.15) is 5.41 Å². The number of carbonyl (C=O) groups excluding carboxylic acids is 1. The van der Waals surface area contributed by atoms with Crippen molar-refractivity contribution in [3.8, 4) is 0 Å². The Kier molecular flexibility index (Phi) is 3.46. The molecule has 1 atom stereocenters. The van der Waals surface area contributed by atoms with Crippen molar-refractivity contribution in [3.05, 3.63) is 35.4 Å². The molecule has 0 saturated heterocycles. The van der Waals surface area contributed by atoms with Gasteiger partial charge in [0.2, 0.25) is 0 Å². The number of hydrogen-bond acceptors (Lipinski definition) is 3. The molecule has 2 rings (SSSR count). The molecule has 0 radical (unpaired) electrons. The number of hydrazone groups is 1. The molecular formula is C16H22N2O2. The first-order valence-corrected chi connectivity index (χ1v) is 6.79. The maximum absolute atomic E-state index is 12.1. The van der Waals surface area contributed by atoms with Gasteiger partial charge in [0.15, 0.2) is 0 Å². The molecule has 1 N–H and O–H groups in total. The summed E-state index contributed by atoms with van der Waals surface area (Å²) in [5.41, 5.74) is 1.88. The van der Waals surface area contributed by atoms with Crippen LogP contribution in [0.1, 0.15) is 38.8 Å². The van der Waals surface area contributed by atoms with E-state index in [1.54, 1.807) is 14.0 Å². The Bertz CT molecular complexity index is 555. The number of rotatable bonds is 2. The maximum Gasteiger partial charge on any atom is 0.256 e. The van der Waals surface area contributed by atoms with Gasteiger partial charge < -0.3 is 5.11 Å². The minimum atomic E-state index is -0.946. The lowest BCUT2D eigenvalue weighted by atomic mass is 9.81. The zero-order valence-corrected chi connectivity index (χ0v) is 12.8. The first-order valence-electron chi connectivity index (χ1n) is 6.79. The molecule has 1 unspecified atom stereocenters. The molecule has 1 aromatic carbocycles. The largest absolute Gasteiger partial charge is 0.395 e. The second-order valence-electron chi connectivity index (χ2n) is 6.59. The van der Waals surface area contributed by atoms with Gasteiger partial charge in [-0.3, -0.25) is 4.79 Å². The summed E-state index contributed by atoms with van der Waals surface area (Å²) in [6, 6.07) is 8.05. The molecule has 1 aromatic rings. The summed E-state index contributed by atoms with van der Waals surface area (Å²) in [5.74, 6) is -0.171. The molecule has 4 nitrogen and oxygen atoms in total. The van der Waals surface area contributed by atoms with Crippen LogP contribution in [0.2, 0.25) is 0 Å². The second-order valence-corrected chi connectivity index (χ2v) is 6.59. The van der Waals surface area contributed by atoms with Crippen LogP contribution in [0, 0.1) is 5.41 Å². The van der Waals surface area contributed by atoms with Crippen LogP contribution in [-0.2, 0) is 10.2 Å². The molecular weight excluding hydrogens is 252 g/mol. The van der Waals surface area contributed by atoms with Gasteiger partial charge in [-0.1, -0.05) is 45.0 Å². The van der Waals surface area contributed by atoms with Crippen molar-refractivity contribution in [1.29, 1.82) is 0 Å². The Morgan fingerprint density at radius 2 is 1.80 bits per heavy atom. The topological polar surface area (TPSA) is 52.9 Å². The summed E-state index contributed by atoms with van der Waals surface area (Å²) in [4.78, 5) is 12.1. The lowest BCUT2D eigenvalue weighted by Gasteiger charge is -2.22. The molecule has 20 heavy (non-hydrogen) atoms. The van der Waals surface area contributed by atoms with Crippen LogP contribution in [0.5, 0.6) is 0 Å². The highest BCUT2D eigenvalue weighted by Crippen LogP contribution is 2.32. The number of aliphatic hydroxyl groups is 1. The monoisotopic (exact) mass is 274 g/mol. The Hall–Kier alpha value is -1.68. The van der Waals surface area contributed by atoms with Gasteiger partial charge in [0.25, 0.3) is 5.91 Å². The van der Waals surface area contributed by atoms with Gasteiger partial charge in [-0.15, -0.1) is 0 Å². The molecule has 4 heteroatoms. The van der Waals surface area contributed by atoms with Crippen LogP contribution in [0.25, 0.3) is 0 Å². The van der Waals surface area contributed by atoms with E-state index in [1.807, 2.05) is 12.1 Å². The van der Waals surface area contributed by atoms with Crippen LogP contribution in [0.3, 0.4) is 0 Å². The molecule has 0 spiro atoms. The fraction of sp³-hybridized carbons (Fsp3) is 0.500. The first kappa shape index (κ1) is 14.7. The van der Waals surface area contributed by atoms with Gasteiger partial charge >= 0.3 is 0 Å². The summed E-state index contributed by atoms with van der Waals surface area (Å²) >= 11 is 0. The van der Waals surface area contributed by atoms with Crippen molar-refractivity contribution >= 4 is 11.6 Å². The second kappa shape index (κ2) is 4.70. The van der Waals surface area contributed by atoms with Crippen LogP contribution < -0.4 is 0 Å². The predicted molar refractivity (Wildman–Crippen MR) is 79.6 cm³/mol. The summed E-state index contributed by atoms with van der Waals surface area (Å²) in [6.07, 6.45) is 0. The fourth-order valence-electron chi connectivity index (χ4n) is 2.41. The normalized spacial score (nSPS) is 23.2. The Labute approximate surface area is 120 Å². The molecule has 0 bridgehead atoms. The average Bonchev–Trinajstić information content (AvgIpc) is 2.63. The third-order valence-corrected chi connectivity index (χ3v) is 3.88. The van der Waals surface area contributed by atoms with Crippen LogP contribution in [-0.4, -0.2) is 35.4 Å². The third-order valence-electron chi connectivity index (χ3n) is 3.88. The van der Waals surface area contributed by atoms with Gasteiger partial charge in [-0.2, -0.15) is 5.10 Å². The number of amides is 1. The highest BCUT2D eigenvalue weighted by atomic mass is 16.3. The highest BCUT2D eigenvalue weighted by Gasteiger charge is 2.46. The van der Waals surface area contributed by atoms with E-state index in [2.05, 4.69) is 38.0 Å². The minimum absolute atomic E-state index is 0.0862. The van der Waals surface area contributed by atoms with Crippen molar-refractivity contribution in [2.75, 3.05) is 13.7 Å². The van der Waals surface area contributed by atoms with Crippen molar-refractivity contribution < 1.29 is 9.90 Å². The summed E-state index contributed by atoms with van der Waals surface area (Å²) in [5, 5.41) is 15.2. The molecule has 108 valence electrons. The van der Waals surface area contributed by atoms with Gasteiger partial charge in [0.05, 0.1) is 12.3 Å². The van der Waals surface area contributed by atoms with Crippen molar-refractivity contribution in [3.63, 3.8) is 0 Å². The van der Waals surface area contributed by atoms with E-state index in [0.29, 0.717) is 5.71 Å². The van der Waals surface area contributed by atoms with Gasteiger partial charge in [-0.25, -0.2) is 5.01 Å². The number of aliphatic hydroxyl groups excluding tert-OH is 1. The summed E-state index contributed by atoms with van der Waals surface area (Å²) in [6.45, 7) is 7.96. The summed E-state index contributed by atoms with van der Waals surface area (Å²) in [7, 11) is 1.62.